The second kappa shape index (κ2) is 9.75. The molecule has 8 heteroatoms. The van der Waals surface area contributed by atoms with Crippen molar-refractivity contribution in [2.45, 2.75) is 17.4 Å². The van der Waals surface area contributed by atoms with E-state index in [-0.39, 0.29) is 11.3 Å². The predicted molar refractivity (Wildman–Crippen MR) is 117 cm³/mol. The van der Waals surface area contributed by atoms with Crippen LogP contribution in [0.5, 0.6) is 5.75 Å². The Balaban J connectivity index is 1.83. The van der Waals surface area contributed by atoms with E-state index in [0.29, 0.717) is 16.5 Å². The summed E-state index contributed by atoms with van der Waals surface area (Å²) in [5.41, 5.74) is 1.36. The summed E-state index contributed by atoms with van der Waals surface area (Å²) in [6.45, 7) is 0. The first-order chi connectivity index (χ1) is 14.4. The average Bonchev–Trinajstić information content (AvgIpc) is 2.74. The maximum Gasteiger partial charge on any atom is 0.242 e. The van der Waals surface area contributed by atoms with E-state index in [0.717, 1.165) is 5.56 Å². The quantitative estimate of drug-likeness (QED) is 0.552. The molecule has 0 radical (unpaired) electrons. The summed E-state index contributed by atoms with van der Waals surface area (Å²) in [5.74, 6) is 0.179. The number of carbonyl (C=O) groups is 1. The fourth-order valence-corrected chi connectivity index (χ4v) is 4.13. The molecule has 30 heavy (non-hydrogen) atoms. The zero-order valence-corrected chi connectivity index (χ0v) is 17.8. The molecule has 2 N–H and O–H groups in total. The van der Waals surface area contributed by atoms with Gasteiger partial charge in [0.1, 0.15) is 11.8 Å². The first-order valence-corrected chi connectivity index (χ1v) is 11.0. The lowest BCUT2D eigenvalue weighted by atomic mass is 10.1. The molecule has 0 saturated heterocycles. The van der Waals surface area contributed by atoms with Crippen LogP contribution in [0, 0.1) is 0 Å². The van der Waals surface area contributed by atoms with Crippen LogP contribution in [0.4, 0.5) is 5.69 Å². The molecule has 0 saturated carbocycles. The number of hydrogen-bond acceptors (Lipinski definition) is 4. The number of halogens is 1. The highest BCUT2D eigenvalue weighted by Gasteiger charge is 2.26. The van der Waals surface area contributed by atoms with Gasteiger partial charge in [-0.1, -0.05) is 41.9 Å². The molecular formula is C22H21ClN2O4S. The largest absolute Gasteiger partial charge is 0.497 e. The van der Waals surface area contributed by atoms with Crippen LogP contribution in [0.1, 0.15) is 5.56 Å². The van der Waals surface area contributed by atoms with Crippen molar-refractivity contribution in [1.82, 2.24) is 4.72 Å². The molecule has 6 nitrogen and oxygen atoms in total. The molecule has 0 spiro atoms. The fraction of sp³-hybridized carbons (Fsp3) is 0.136. The summed E-state index contributed by atoms with van der Waals surface area (Å²) in [4.78, 5) is 13.0. The standard InChI is InChI=1S/C22H21ClN2O4S/c1-29-19-11-9-18(10-12-19)24-22(26)21(15-16-5-3-2-4-6-16)25-30(27,28)20-13-7-17(23)8-14-20/h2-14,21,25H,15H2,1H3,(H,24,26)/t21-/m1/s1. The molecule has 0 aliphatic heterocycles. The van der Waals surface area contributed by atoms with Gasteiger partial charge in [0.2, 0.25) is 15.9 Å². The van der Waals surface area contributed by atoms with E-state index in [1.54, 1.807) is 31.4 Å². The number of anilines is 1. The summed E-state index contributed by atoms with van der Waals surface area (Å²) in [6, 6.07) is 20.7. The van der Waals surface area contributed by atoms with Crippen LogP contribution in [-0.2, 0) is 21.2 Å². The maximum absolute atomic E-state index is 12.9. The van der Waals surface area contributed by atoms with E-state index < -0.39 is 22.0 Å². The van der Waals surface area contributed by atoms with Gasteiger partial charge >= 0.3 is 0 Å². The minimum atomic E-state index is -3.93. The number of hydrogen-bond donors (Lipinski definition) is 2. The Bertz CT molecular complexity index is 1090. The number of benzene rings is 3. The third kappa shape index (κ3) is 5.82. The highest BCUT2D eigenvalue weighted by molar-refractivity contribution is 7.89. The third-order valence-corrected chi connectivity index (χ3v) is 6.12. The molecule has 0 heterocycles. The van der Waals surface area contributed by atoms with Crippen molar-refractivity contribution in [3.05, 3.63) is 89.4 Å². The number of ether oxygens (including phenoxy) is 1. The van der Waals surface area contributed by atoms with E-state index in [1.165, 1.54) is 24.3 Å². The number of sulfonamides is 1. The van der Waals surface area contributed by atoms with Gasteiger partial charge in [0.25, 0.3) is 0 Å². The molecule has 3 aromatic carbocycles. The van der Waals surface area contributed by atoms with E-state index in [2.05, 4.69) is 10.0 Å². The van der Waals surface area contributed by atoms with Crippen LogP contribution in [0.3, 0.4) is 0 Å². The Morgan fingerprint density at radius 2 is 1.60 bits per heavy atom. The van der Waals surface area contributed by atoms with Crippen molar-refractivity contribution >= 4 is 33.2 Å². The molecule has 0 aliphatic carbocycles. The molecule has 0 aromatic heterocycles. The van der Waals surface area contributed by atoms with Gasteiger partial charge in [-0.2, -0.15) is 4.72 Å². The predicted octanol–water partition coefficient (Wildman–Crippen LogP) is 3.88. The summed E-state index contributed by atoms with van der Waals surface area (Å²) >= 11 is 5.85. The van der Waals surface area contributed by atoms with Gasteiger partial charge < -0.3 is 10.1 Å². The molecule has 3 rings (SSSR count). The van der Waals surface area contributed by atoms with Crippen LogP contribution in [0.25, 0.3) is 0 Å². The molecule has 1 atom stereocenters. The van der Waals surface area contributed by atoms with Crippen LogP contribution in [-0.4, -0.2) is 27.5 Å². The Kier molecular flexibility index (Phi) is 7.10. The molecule has 3 aromatic rings. The average molecular weight is 445 g/mol. The van der Waals surface area contributed by atoms with Gasteiger partial charge in [0.05, 0.1) is 12.0 Å². The van der Waals surface area contributed by atoms with E-state index >= 15 is 0 Å². The molecular weight excluding hydrogens is 424 g/mol. The number of rotatable bonds is 8. The topological polar surface area (TPSA) is 84.5 Å². The SMILES string of the molecule is COc1ccc(NC(=O)[C@@H](Cc2ccccc2)NS(=O)(=O)c2ccc(Cl)cc2)cc1. The minimum Gasteiger partial charge on any atom is -0.497 e. The number of carbonyl (C=O) groups excluding carboxylic acids is 1. The lowest BCUT2D eigenvalue weighted by Gasteiger charge is -2.19. The summed E-state index contributed by atoms with van der Waals surface area (Å²) in [6.07, 6.45) is 0.190. The van der Waals surface area contributed by atoms with Crippen LogP contribution < -0.4 is 14.8 Å². The van der Waals surface area contributed by atoms with Gasteiger partial charge in [-0.3, -0.25) is 4.79 Å². The molecule has 0 bridgehead atoms. The molecule has 0 fully saturated rings. The number of methoxy groups -OCH3 is 1. The third-order valence-electron chi connectivity index (χ3n) is 4.38. The van der Waals surface area contributed by atoms with Crippen LogP contribution >= 0.6 is 11.6 Å². The van der Waals surface area contributed by atoms with Gasteiger partial charge in [-0.05, 0) is 60.5 Å². The van der Waals surface area contributed by atoms with Crippen molar-refractivity contribution in [3.8, 4) is 5.75 Å². The highest BCUT2D eigenvalue weighted by Crippen LogP contribution is 2.18. The van der Waals surface area contributed by atoms with Crippen LogP contribution in [0.15, 0.2) is 83.8 Å². The normalized spacial score (nSPS) is 12.2. The summed E-state index contributed by atoms with van der Waals surface area (Å²) in [5, 5.41) is 3.18. The van der Waals surface area contributed by atoms with Crippen molar-refractivity contribution in [2.24, 2.45) is 0 Å². The Hall–Kier alpha value is -2.87. The zero-order valence-electron chi connectivity index (χ0n) is 16.2. The van der Waals surface area contributed by atoms with E-state index in [9.17, 15) is 13.2 Å². The Morgan fingerprint density at radius 3 is 2.20 bits per heavy atom. The first kappa shape index (κ1) is 21.8. The first-order valence-electron chi connectivity index (χ1n) is 9.14. The summed E-state index contributed by atoms with van der Waals surface area (Å²) < 4.78 is 33.3. The van der Waals surface area contributed by atoms with Gasteiger partial charge in [0, 0.05) is 10.7 Å². The lowest BCUT2D eigenvalue weighted by molar-refractivity contribution is -0.117. The maximum atomic E-state index is 12.9. The highest BCUT2D eigenvalue weighted by atomic mass is 35.5. The fourth-order valence-electron chi connectivity index (χ4n) is 2.81. The van der Waals surface area contributed by atoms with Crippen LogP contribution in [0.2, 0.25) is 5.02 Å². The van der Waals surface area contributed by atoms with Crippen molar-refractivity contribution in [2.75, 3.05) is 12.4 Å². The van der Waals surface area contributed by atoms with Gasteiger partial charge in [-0.25, -0.2) is 8.42 Å². The Labute approximate surface area is 180 Å². The lowest BCUT2D eigenvalue weighted by Crippen LogP contribution is -2.45. The smallest absolute Gasteiger partial charge is 0.242 e. The molecule has 0 aliphatic rings. The monoisotopic (exact) mass is 444 g/mol. The second-order valence-corrected chi connectivity index (χ2v) is 8.69. The van der Waals surface area contributed by atoms with Crippen molar-refractivity contribution in [1.29, 1.82) is 0 Å². The van der Waals surface area contributed by atoms with Crippen molar-refractivity contribution in [3.63, 3.8) is 0 Å². The summed E-state index contributed by atoms with van der Waals surface area (Å²) in [7, 11) is -2.38. The van der Waals surface area contributed by atoms with Crippen molar-refractivity contribution < 1.29 is 17.9 Å². The zero-order chi connectivity index (χ0) is 21.6. The Morgan fingerprint density at radius 1 is 0.967 bits per heavy atom. The molecule has 1 amide bonds. The number of amides is 1. The van der Waals surface area contributed by atoms with E-state index in [4.69, 9.17) is 16.3 Å². The van der Waals surface area contributed by atoms with E-state index in [1.807, 2.05) is 30.3 Å². The van der Waals surface area contributed by atoms with Gasteiger partial charge in [0.15, 0.2) is 0 Å². The molecule has 0 unspecified atom stereocenters. The van der Waals surface area contributed by atoms with Gasteiger partial charge in [-0.15, -0.1) is 0 Å². The minimum absolute atomic E-state index is 0.0298. The second-order valence-electron chi connectivity index (χ2n) is 6.54. The number of nitrogens with one attached hydrogen (secondary N) is 2. The molecule has 156 valence electrons.